The van der Waals surface area contributed by atoms with Crippen LogP contribution in [0.2, 0.25) is 0 Å². The van der Waals surface area contributed by atoms with Gasteiger partial charge in [-0.05, 0) is 46.2 Å². The number of hydrogen-bond acceptors (Lipinski definition) is 4. The summed E-state index contributed by atoms with van der Waals surface area (Å²) in [5.74, 6) is 0.249. The fourth-order valence-electron chi connectivity index (χ4n) is 5.24. The summed E-state index contributed by atoms with van der Waals surface area (Å²) in [6.07, 6.45) is 24.3. The molecule has 1 aromatic heterocycles. The van der Waals surface area contributed by atoms with Crippen LogP contribution in [0.4, 0.5) is 0 Å². The van der Waals surface area contributed by atoms with E-state index in [2.05, 4.69) is 11.9 Å². The smallest absolute Gasteiger partial charge is 0.222 e. The maximum absolute atomic E-state index is 12.6. The number of hydrogen-bond donors (Lipinski definition) is 1. The monoisotopic (exact) mass is 503 g/mol. The zero-order valence-corrected chi connectivity index (χ0v) is 24.3. The Bertz CT molecular complexity index is 618. The Morgan fingerprint density at radius 2 is 1.08 bits per heavy atom. The maximum Gasteiger partial charge on any atom is 0.222 e. The topological polar surface area (TPSA) is 56.7 Å². The van der Waals surface area contributed by atoms with Crippen molar-refractivity contribution < 1.29 is 10.0 Å². The van der Waals surface area contributed by atoms with E-state index in [1.807, 2.05) is 50.8 Å². The highest BCUT2D eigenvalue weighted by atomic mass is 16.5. The van der Waals surface area contributed by atoms with E-state index >= 15 is 0 Å². The molecule has 1 aliphatic heterocycles. The summed E-state index contributed by atoms with van der Waals surface area (Å²) in [5.41, 5.74) is -0.793. The number of nitrogens with zero attached hydrogens (tertiary/aromatic N) is 3. The van der Waals surface area contributed by atoms with Gasteiger partial charge in [0.25, 0.3) is 0 Å². The summed E-state index contributed by atoms with van der Waals surface area (Å²) >= 11 is 0. The maximum atomic E-state index is 12.6. The summed E-state index contributed by atoms with van der Waals surface area (Å²) in [5, 5.41) is 11.8. The van der Waals surface area contributed by atoms with E-state index in [1.165, 1.54) is 88.5 Å². The third kappa shape index (κ3) is 14.3. The van der Waals surface area contributed by atoms with Crippen molar-refractivity contribution in [3.8, 4) is 0 Å². The molecule has 2 heterocycles. The fraction of sp³-hybridized carbons (Fsp3) is 0.806. The van der Waals surface area contributed by atoms with Crippen LogP contribution in [0.25, 0.3) is 0 Å². The molecule has 0 atom stereocenters. The number of piperazine rings is 1. The molecular weight excluding hydrogens is 446 g/mol. The number of aromatic nitrogens is 1. The summed E-state index contributed by atoms with van der Waals surface area (Å²) in [6.45, 7) is 11.5. The molecule has 36 heavy (non-hydrogen) atoms. The molecule has 0 bridgehead atoms. The highest BCUT2D eigenvalue weighted by Crippen LogP contribution is 2.30. The SMILES string of the molecule is CCCCCCCCCCCCCCCCCC(=O)N1CC(C)(C)N(O)C(C)(C)C1.c1ccncc1. The molecule has 0 radical (unpaired) electrons. The van der Waals surface area contributed by atoms with Gasteiger partial charge < -0.3 is 10.1 Å². The van der Waals surface area contributed by atoms with Crippen molar-refractivity contribution in [2.24, 2.45) is 0 Å². The highest BCUT2D eigenvalue weighted by Gasteiger charge is 2.45. The average Bonchev–Trinajstić information content (AvgIpc) is 2.85. The second-order valence-corrected chi connectivity index (χ2v) is 11.9. The lowest BCUT2D eigenvalue weighted by atomic mass is 9.90. The first kappa shape index (κ1) is 32.6. The Labute approximate surface area is 223 Å². The molecule has 208 valence electrons. The molecule has 1 amide bonds. The van der Waals surface area contributed by atoms with E-state index in [0.29, 0.717) is 19.5 Å². The van der Waals surface area contributed by atoms with Gasteiger partial charge in [-0.1, -0.05) is 103 Å². The lowest BCUT2D eigenvalue weighted by Gasteiger charge is -2.52. The van der Waals surface area contributed by atoms with Crippen LogP contribution in [0, 0.1) is 0 Å². The second-order valence-electron chi connectivity index (χ2n) is 11.9. The quantitative estimate of drug-likeness (QED) is 0.230. The largest absolute Gasteiger partial charge is 0.339 e. The van der Waals surface area contributed by atoms with Crippen LogP contribution in [0.1, 0.15) is 137 Å². The van der Waals surface area contributed by atoms with Crippen molar-refractivity contribution in [2.45, 2.75) is 148 Å². The predicted molar refractivity (Wildman–Crippen MR) is 152 cm³/mol. The zero-order valence-electron chi connectivity index (χ0n) is 24.3. The number of rotatable bonds is 16. The molecule has 0 aromatic carbocycles. The summed E-state index contributed by atoms with van der Waals surface area (Å²) in [7, 11) is 0. The van der Waals surface area contributed by atoms with Crippen molar-refractivity contribution in [3.63, 3.8) is 0 Å². The molecule has 5 heteroatoms. The Morgan fingerprint density at radius 3 is 1.42 bits per heavy atom. The molecule has 2 rings (SSSR count). The van der Waals surface area contributed by atoms with Gasteiger partial charge in [0, 0.05) is 31.9 Å². The minimum Gasteiger partial charge on any atom is -0.339 e. The fourth-order valence-corrected chi connectivity index (χ4v) is 5.24. The molecule has 0 spiro atoms. The number of amides is 1. The molecule has 0 unspecified atom stereocenters. The Hall–Kier alpha value is -1.46. The second kappa shape index (κ2) is 18.7. The van der Waals surface area contributed by atoms with Crippen molar-refractivity contribution >= 4 is 5.91 Å². The third-order valence-corrected chi connectivity index (χ3v) is 7.22. The van der Waals surface area contributed by atoms with Crippen LogP contribution >= 0.6 is 0 Å². The first-order valence-electron chi connectivity index (χ1n) is 14.8. The lowest BCUT2D eigenvalue weighted by molar-refractivity contribution is -0.252. The van der Waals surface area contributed by atoms with Crippen LogP contribution in [0.15, 0.2) is 30.6 Å². The van der Waals surface area contributed by atoms with E-state index < -0.39 is 11.1 Å². The number of carbonyl (C=O) groups excluding carboxylic acids is 1. The molecule has 1 aliphatic rings. The lowest BCUT2D eigenvalue weighted by Crippen LogP contribution is -2.68. The molecule has 0 aliphatic carbocycles. The normalized spacial score (nSPS) is 16.9. The van der Waals surface area contributed by atoms with Crippen molar-refractivity contribution in [3.05, 3.63) is 30.6 Å². The van der Waals surface area contributed by atoms with Crippen LogP contribution in [0.3, 0.4) is 0 Å². The van der Waals surface area contributed by atoms with Crippen molar-refractivity contribution in [1.29, 1.82) is 0 Å². The summed E-state index contributed by atoms with van der Waals surface area (Å²) in [6, 6.07) is 5.72. The van der Waals surface area contributed by atoms with Crippen LogP contribution < -0.4 is 0 Å². The predicted octanol–water partition coefficient (Wildman–Crippen LogP) is 8.42. The van der Waals surface area contributed by atoms with Gasteiger partial charge in [0.1, 0.15) is 0 Å². The van der Waals surface area contributed by atoms with E-state index in [-0.39, 0.29) is 5.91 Å². The molecule has 5 nitrogen and oxygen atoms in total. The van der Waals surface area contributed by atoms with E-state index in [1.54, 1.807) is 12.4 Å². The average molecular weight is 504 g/mol. The number of unbranched alkanes of at least 4 members (excludes halogenated alkanes) is 14. The van der Waals surface area contributed by atoms with Crippen molar-refractivity contribution in [2.75, 3.05) is 13.1 Å². The highest BCUT2D eigenvalue weighted by molar-refractivity contribution is 5.76. The van der Waals surface area contributed by atoms with E-state index in [0.717, 1.165) is 12.8 Å². The van der Waals surface area contributed by atoms with E-state index in [9.17, 15) is 10.0 Å². The van der Waals surface area contributed by atoms with Gasteiger partial charge in [0.15, 0.2) is 0 Å². The Kier molecular flexibility index (Phi) is 16.9. The van der Waals surface area contributed by atoms with E-state index in [4.69, 9.17) is 0 Å². The van der Waals surface area contributed by atoms with Gasteiger partial charge in [-0.3, -0.25) is 9.78 Å². The first-order chi connectivity index (χ1) is 17.2. The number of carbonyl (C=O) groups is 1. The van der Waals surface area contributed by atoms with Crippen LogP contribution in [0.5, 0.6) is 0 Å². The van der Waals surface area contributed by atoms with Gasteiger partial charge in [-0.25, -0.2) is 0 Å². The number of pyridine rings is 1. The van der Waals surface area contributed by atoms with Crippen LogP contribution in [-0.4, -0.2) is 50.2 Å². The van der Waals surface area contributed by atoms with Gasteiger partial charge in [-0.15, -0.1) is 0 Å². The minimum absolute atomic E-state index is 0.249. The first-order valence-corrected chi connectivity index (χ1v) is 14.8. The third-order valence-electron chi connectivity index (χ3n) is 7.22. The zero-order chi connectivity index (χ0) is 26.7. The summed E-state index contributed by atoms with van der Waals surface area (Å²) in [4.78, 5) is 18.4. The standard InChI is InChI=1S/C26H52N2O2.C5H5N/c1-6-7-8-9-10-11-12-13-14-15-16-17-18-19-20-21-24(29)27-22-25(2,3)28(30)26(4,5)23-27;1-2-4-6-5-3-1/h30H,6-23H2,1-5H3;1-5H. The molecular formula is C31H57N3O2. The molecule has 1 aromatic rings. The molecule has 1 N–H and O–H groups in total. The molecule has 1 fully saturated rings. The molecule has 1 saturated heterocycles. The van der Waals surface area contributed by atoms with Gasteiger partial charge in [-0.2, -0.15) is 5.06 Å². The Morgan fingerprint density at radius 1 is 0.694 bits per heavy atom. The minimum atomic E-state index is -0.396. The van der Waals surface area contributed by atoms with Crippen LogP contribution in [-0.2, 0) is 4.79 Å². The van der Waals surface area contributed by atoms with Gasteiger partial charge >= 0.3 is 0 Å². The Balaban J connectivity index is 0.000000936. The summed E-state index contributed by atoms with van der Waals surface area (Å²) < 4.78 is 0. The molecule has 0 saturated carbocycles. The van der Waals surface area contributed by atoms with Gasteiger partial charge in [0.05, 0.1) is 11.1 Å². The van der Waals surface area contributed by atoms with Gasteiger partial charge in [0.2, 0.25) is 5.91 Å². The number of hydroxylamine groups is 2. The van der Waals surface area contributed by atoms with Crippen molar-refractivity contribution in [1.82, 2.24) is 14.9 Å².